The number of amides is 3. The minimum atomic E-state index is -1.28. The van der Waals surface area contributed by atoms with E-state index in [1.165, 1.54) is 66.1 Å². The van der Waals surface area contributed by atoms with Gasteiger partial charge in [-0.1, -0.05) is 30.3 Å². The fraction of sp³-hybridized carbons (Fsp3) is 0.185. The van der Waals surface area contributed by atoms with Gasteiger partial charge in [-0.25, -0.2) is 14.3 Å². The SMILES string of the molecule is O=C(CCCC(=O)Nc1ccc(C(C(=O)Cc2cccc(F)c2)C(=O)Nc2cccc(F)c2)cc1)NO. The van der Waals surface area contributed by atoms with Crippen LogP contribution in [-0.4, -0.2) is 28.7 Å². The number of carbonyl (C=O) groups excluding carboxylic acids is 4. The van der Waals surface area contributed by atoms with E-state index in [9.17, 15) is 28.0 Å². The fourth-order valence-electron chi connectivity index (χ4n) is 3.66. The summed E-state index contributed by atoms with van der Waals surface area (Å²) in [6.07, 6.45) is 0.0461. The number of benzene rings is 3. The van der Waals surface area contributed by atoms with Crippen LogP contribution in [0.1, 0.15) is 36.3 Å². The quantitative estimate of drug-likeness (QED) is 0.176. The van der Waals surface area contributed by atoms with E-state index in [-0.39, 0.29) is 37.3 Å². The summed E-state index contributed by atoms with van der Waals surface area (Å²) in [5.74, 6) is -4.50. The second kappa shape index (κ2) is 13.0. The van der Waals surface area contributed by atoms with Crippen LogP contribution in [0.25, 0.3) is 0 Å². The van der Waals surface area contributed by atoms with E-state index in [0.717, 1.165) is 6.07 Å². The molecule has 0 aromatic heterocycles. The molecule has 0 aliphatic rings. The minimum absolute atomic E-state index is 0.0155. The van der Waals surface area contributed by atoms with Gasteiger partial charge in [0, 0.05) is 30.6 Å². The van der Waals surface area contributed by atoms with Crippen molar-refractivity contribution in [2.75, 3.05) is 10.6 Å². The zero-order valence-electron chi connectivity index (χ0n) is 19.7. The van der Waals surface area contributed by atoms with Crippen molar-refractivity contribution in [3.63, 3.8) is 0 Å². The Morgan fingerprint density at radius 1 is 0.757 bits per heavy atom. The van der Waals surface area contributed by atoms with Gasteiger partial charge < -0.3 is 10.6 Å². The lowest BCUT2D eigenvalue weighted by molar-refractivity contribution is -0.129. The van der Waals surface area contributed by atoms with Crippen molar-refractivity contribution < 1.29 is 33.2 Å². The molecule has 0 bridgehead atoms. The van der Waals surface area contributed by atoms with Crippen molar-refractivity contribution in [3.05, 3.63) is 95.6 Å². The first kappa shape index (κ1) is 27.2. The Hall–Kier alpha value is -4.44. The third-order valence-corrected chi connectivity index (χ3v) is 5.40. The summed E-state index contributed by atoms with van der Waals surface area (Å²) < 4.78 is 27.2. The van der Waals surface area contributed by atoms with Crippen LogP contribution in [0.3, 0.4) is 0 Å². The van der Waals surface area contributed by atoms with Crippen LogP contribution in [-0.2, 0) is 25.6 Å². The molecule has 0 heterocycles. The molecule has 0 saturated heterocycles. The summed E-state index contributed by atoms with van der Waals surface area (Å²) in [6, 6.07) is 16.8. The van der Waals surface area contributed by atoms with E-state index in [4.69, 9.17) is 5.21 Å². The number of hydroxylamine groups is 1. The number of Topliss-reactive ketones (excluding diaryl/α,β-unsaturated/α-hetero) is 1. The van der Waals surface area contributed by atoms with Crippen molar-refractivity contribution in [1.82, 2.24) is 5.48 Å². The summed E-state index contributed by atoms with van der Waals surface area (Å²) in [5, 5.41) is 13.7. The highest BCUT2D eigenvalue weighted by molar-refractivity contribution is 6.12. The Morgan fingerprint density at radius 3 is 2.05 bits per heavy atom. The van der Waals surface area contributed by atoms with E-state index in [1.807, 2.05) is 0 Å². The molecule has 0 aliphatic carbocycles. The van der Waals surface area contributed by atoms with Crippen LogP contribution in [0.4, 0.5) is 20.2 Å². The standard InChI is InChI=1S/C27H25F2N3O5/c28-19-5-1-4-17(14-19)15-23(33)26(27(36)31-22-7-2-6-20(29)16-22)18-10-12-21(13-11-18)30-24(34)8-3-9-25(35)32-37/h1-2,4-7,10-14,16,26,37H,3,8-9,15H2,(H,30,34)(H,31,36)(H,32,35). The number of hydrogen-bond donors (Lipinski definition) is 4. The predicted molar refractivity (Wildman–Crippen MR) is 132 cm³/mol. The van der Waals surface area contributed by atoms with Crippen LogP contribution in [0.2, 0.25) is 0 Å². The van der Waals surface area contributed by atoms with E-state index in [2.05, 4.69) is 10.6 Å². The topological polar surface area (TPSA) is 125 Å². The smallest absolute Gasteiger partial charge is 0.243 e. The lowest BCUT2D eigenvalue weighted by atomic mass is 9.90. The third kappa shape index (κ3) is 8.32. The molecule has 1 unspecified atom stereocenters. The Morgan fingerprint density at radius 2 is 1.41 bits per heavy atom. The summed E-state index contributed by atoms with van der Waals surface area (Å²) >= 11 is 0. The summed E-state index contributed by atoms with van der Waals surface area (Å²) in [7, 11) is 0. The molecule has 3 amide bonds. The van der Waals surface area contributed by atoms with Crippen molar-refractivity contribution in [3.8, 4) is 0 Å². The molecule has 3 rings (SSSR count). The Bertz CT molecular complexity index is 1220. The highest BCUT2D eigenvalue weighted by Crippen LogP contribution is 2.24. The molecule has 8 nitrogen and oxygen atoms in total. The van der Waals surface area contributed by atoms with Crippen LogP contribution in [0, 0.1) is 11.6 Å². The van der Waals surface area contributed by atoms with Gasteiger partial charge in [0.15, 0.2) is 5.78 Å². The Labute approximate surface area is 211 Å². The molecule has 0 aliphatic heterocycles. The maximum absolute atomic E-state index is 13.6. The van der Waals surface area contributed by atoms with Crippen molar-refractivity contribution >= 4 is 34.9 Å². The van der Waals surface area contributed by atoms with Gasteiger partial charge in [-0.05, 0) is 60.0 Å². The number of anilines is 2. The fourth-order valence-corrected chi connectivity index (χ4v) is 3.66. The van der Waals surface area contributed by atoms with E-state index in [0.29, 0.717) is 16.8 Å². The number of rotatable bonds is 11. The molecule has 37 heavy (non-hydrogen) atoms. The highest BCUT2D eigenvalue weighted by atomic mass is 19.1. The van der Waals surface area contributed by atoms with Gasteiger partial charge in [0.2, 0.25) is 17.7 Å². The van der Waals surface area contributed by atoms with Crippen LogP contribution in [0.5, 0.6) is 0 Å². The second-order valence-corrected chi connectivity index (χ2v) is 8.26. The van der Waals surface area contributed by atoms with Crippen LogP contribution < -0.4 is 16.1 Å². The van der Waals surface area contributed by atoms with Gasteiger partial charge in [-0.15, -0.1) is 0 Å². The molecule has 1 atom stereocenters. The molecular formula is C27H25F2N3O5. The van der Waals surface area contributed by atoms with E-state index < -0.39 is 35.1 Å². The normalized spacial score (nSPS) is 11.3. The first-order valence-electron chi connectivity index (χ1n) is 11.4. The molecule has 10 heteroatoms. The van der Waals surface area contributed by atoms with Gasteiger partial charge in [-0.3, -0.25) is 24.4 Å². The molecule has 0 saturated carbocycles. The Balaban J connectivity index is 1.76. The second-order valence-electron chi connectivity index (χ2n) is 8.26. The van der Waals surface area contributed by atoms with Gasteiger partial charge in [-0.2, -0.15) is 0 Å². The zero-order valence-corrected chi connectivity index (χ0v) is 19.7. The number of halogens is 2. The lowest BCUT2D eigenvalue weighted by Gasteiger charge is -2.17. The highest BCUT2D eigenvalue weighted by Gasteiger charge is 2.29. The van der Waals surface area contributed by atoms with Crippen LogP contribution >= 0.6 is 0 Å². The number of nitrogens with one attached hydrogen (secondary N) is 3. The van der Waals surface area contributed by atoms with Crippen LogP contribution in [0.15, 0.2) is 72.8 Å². The summed E-state index contributed by atoms with van der Waals surface area (Å²) in [5.41, 5.74) is 2.79. The average molecular weight is 510 g/mol. The molecule has 0 spiro atoms. The Kier molecular flexibility index (Phi) is 9.56. The third-order valence-electron chi connectivity index (χ3n) is 5.40. The molecule has 192 valence electrons. The van der Waals surface area contributed by atoms with Gasteiger partial charge in [0.25, 0.3) is 0 Å². The molecule has 3 aromatic carbocycles. The molecular weight excluding hydrogens is 484 g/mol. The molecule has 4 N–H and O–H groups in total. The maximum Gasteiger partial charge on any atom is 0.243 e. The van der Waals surface area contributed by atoms with E-state index >= 15 is 0 Å². The molecule has 0 fully saturated rings. The van der Waals surface area contributed by atoms with Crippen molar-refractivity contribution in [2.45, 2.75) is 31.6 Å². The predicted octanol–water partition coefficient (Wildman–Crippen LogP) is 4.11. The summed E-state index contributed by atoms with van der Waals surface area (Å²) in [4.78, 5) is 49.5. The molecule has 3 aromatic rings. The lowest BCUT2D eigenvalue weighted by Crippen LogP contribution is -2.29. The first-order chi connectivity index (χ1) is 17.7. The monoisotopic (exact) mass is 509 g/mol. The first-order valence-corrected chi connectivity index (χ1v) is 11.4. The van der Waals surface area contributed by atoms with Crippen molar-refractivity contribution in [1.29, 1.82) is 0 Å². The van der Waals surface area contributed by atoms with Gasteiger partial charge in [0.05, 0.1) is 0 Å². The van der Waals surface area contributed by atoms with Gasteiger partial charge in [0.1, 0.15) is 17.6 Å². The van der Waals surface area contributed by atoms with E-state index in [1.54, 1.807) is 6.07 Å². The number of carbonyl (C=O) groups is 4. The largest absolute Gasteiger partial charge is 0.326 e. The zero-order chi connectivity index (χ0) is 26.8. The number of hydrogen-bond acceptors (Lipinski definition) is 5. The van der Waals surface area contributed by atoms with Gasteiger partial charge >= 0.3 is 0 Å². The average Bonchev–Trinajstić information content (AvgIpc) is 2.85. The maximum atomic E-state index is 13.6. The summed E-state index contributed by atoms with van der Waals surface area (Å²) in [6.45, 7) is 0. The van der Waals surface area contributed by atoms with Crippen molar-refractivity contribution in [2.24, 2.45) is 0 Å². The minimum Gasteiger partial charge on any atom is -0.326 e. The molecule has 0 radical (unpaired) electrons. The number of ketones is 1.